The highest BCUT2D eigenvalue weighted by Gasteiger charge is 2.30. The minimum atomic E-state index is -4.40. The van der Waals surface area contributed by atoms with Crippen LogP contribution in [0.4, 0.5) is 19.0 Å². The molecule has 2 heterocycles. The fourth-order valence-electron chi connectivity index (χ4n) is 2.69. The first-order valence-corrected chi connectivity index (χ1v) is 8.33. The molecule has 0 saturated carbocycles. The zero-order valence-electron chi connectivity index (χ0n) is 14.9. The Hall–Kier alpha value is -3.20. The van der Waals surface area contributed by atoms with Crippen LogP contribution >= 0.6 is 0 Å². The Morgan fingerprint density at radius 1 is 1.25 bits per heavy atom. The largest absolute Gasteiger partial charge is 0.416 e. The molecule has 146 valence electrons. The van der Waals surface area contributed by atoms with Crippen LogP contribution in [0.3, 0.4) is 0 Å². The number of carbonyl (C=O) groups is 1. The number of aliphatic hydroxyl groups excluding tert-OH is 1. The molecule has 3 aromatic rings. The summed E-state index contributed by atoms with van der Waals surface area (Å²) in [6, 6.07) is 8.14. The van der Waals surface area contributed by atoms with E-state index in [1.54, 1.807) is 29.7 Å². The van der Waals surface area contributed by atoms with Gasteiger partial charge in [0.1, 0.15) is 0 Å². The number of aliphatic hydroxyl groups is 1. The van der Waals surface area contributed by atoms with Crippen LogP contribution in [0.5, 0.6) is 0 Å². The summed E-state index contributed by atoms with van der Waals surface area (Å²) in [5.41, 5.74) is 1.01. The monoisotopic (exact) mass is 390 g/mol. The molecule has 28 heavy (non-hydrogen) atoms. The molecular formula is C19H17F3N4O2. The highest BCUT2D eigenvalue weighted by molar-refractivity contribution is 6.04. The van der Waals surface area contributed by atoms with Gasteiger partial charge in [-0.25, -0.2) is 4.98 Å². The van der Waals surface area contributed by atoms with E-state index in [0.29, 0.717) is 22.5 Å². The first kappa shape index (κ1) is 19.6. The Balaban J connectivity index is 1.70. The third-order valence-electron chi connectivity index (χ3n) is 4.04. The number of aryl methyl sites for hydroxylation is 1. The third-order valence-corrected chi connectivity index (χ3v) is 4.04. The number of hydrogen-bond donors (Lipinski definition) is 2. The molecule has 0 atom stereocenters. The number of anilines is 1. The lowest BCUT2D eigenvalue weighted by Gasteiger charge is -2.09. The van der Waals surface area contributed by atoms with Gasteiger partial charge < -0.3 is 15.0 Å². The number of carbonyl (C=O) groups excluding carboxylic acids is 1. The molecule has 2 N–H and O–H groups in total. The van der Waals surface area contributed by atoms with Crippen molar-refractivity contribution in [2.24, 2.45) is 0 Å². The SMILES string of the molecule is Cc1nc(CO)ccc1C(=O)Nc1cn(Cc2cccc(C(F)(F)F)c2)cn1. The lowest BCUT2D eigenvalue weighted by Crippen LogP contribution is -2.15. The van der Waals surface area contributed by atoms with Crippen LogP contribution in [-0.2, 0) is 19.3 Å². The number of nitrogens with one attached hydrogen (secondary N) is 1. The Morgan fingerprint density at radius 2 is 2.04 bits per heavy atom. The van der Waals surface area contributed by atoms with E-state index in [0.717, 1.165) is 12.1 Å². The molecule has 9 heteroatoms. The summed E-state index contributed by atoms with van der Waals surface area (Å²) in [5, 5.41) is 11.7. The topological polar surface area (TPSA) is 80.0 Å². The minimum absolute atomic E-state index is 0.179. The zero-order chi connectivity index (χ0) is 20.3. The normalized spacial score (nSPS) is 11.5. The molecule has 0 aliphatic heterocycles. The smallest absolute Gasteiger partial charge is 0.390 e. The number of alkyl halides is 3. The molecule has 0 spiro atoms. The maximum absolute atomic E-state index is 12.8. The lowest BCUT2D eigenvalue weighted by molar-refractivity contribution is -0.137. The fraction of sp³-hybridized carbons (Fsp3) is 0.211. The van der Waals surface area contributed by atoms with Crippen molar-refractivity contribution < 1.29 is 23.1 Å². The number of amides is 1. The van der Waals surface area contributed by atoms with Crippen molar-refractivity contribution in [3.05, 3.63) is 77.0 Å². The number of nitrogens with zero attached hydrogens (tertiary/aromatic N) is 3. The Labute approximate surface area is 158 Å². The van der Waals surface area contributed by atoms with E-state index in [4.69, 9.17) is 5.11 Å². The lowest BCUT2D eigenvalue weighted by atomic mass is 10.1. The molecule has 1 amide bonds. The Morgan fingerprint density at radius 3 is 2.71 bits per heavy atom. The summed E-state index contributed by atoms with van der Waals surface area (Å²) >= 11 is 0. The van der Waals surface area contributed by atoms with Crippen LogP contribution in [0.15, 0.2) is 48.9 Å². The first-order valence-electron chi connectivity index (χ1n) is 8.33. The first-order chi connectivity index (χ1) is 13.3. The second-order valence-corrected chi connectivity index (χ2v) is 6.18. The fourth-order valence-corrected chi connectivity index (χ4v) is 2.69. The van der Waals surface area contributed by atoms with Gasteiger partial charge in [-0.3, -0.25) is 9.78 Å². The van der Waals surface area contributed by atoms with Crippen molar-refractivity contribution in [3.63, 3.8) is 0 Å². The second kappa shape index (κ2) is 7.81. The molecular weight excluding hydrogens is 373 g/mol. The summed E-state index contributed by atoms with van der Waals surface area (Å²) in [4.78, 5) is 20.5. The van der Waals surface area contributed by atoms with Crippen LogP contribution in [-0.4, -0.2) is 25.5 Å². The molecule has 1 aromatic carbocycles. The number of aromatic nitrogens is 3. The van der Waals surface area contributed by atoms with Gasteiger partial charge in [-0.15, -0.1) is 0 Å². The van der Waals surface area contributed by atoms with E-state index in [2.05, 4.69) is 15.3 Å². The summed E-state index contributed by atoms with van der Waals surface area (Å²) in [7, 11) is 0. The van der Waals surface area contributed by atoms with Gasteiger partial charge in [-0.05, 0) is 36.8 Å². The summed E-state index contributed by atoms with van der Waals surface area (Å²) in [6.07, 6.45) is -1.44. The molecule has 0 unspecified atom stereocenters. The third kappa shape index (κ3) is 4.55. The van der Waals surface area contributed by atoms with Crippen LogP contribution in [0.25, 0.3) is 0 Å². The standard InChI is InChI=1S/C19H17F3N4O2/c1-12-16(6-5-15(10-27)24-12)18(28)25-17-9-26(11-23-17)8-13-3-2-4-14(7-13)19(20,21)22/h2-7,9,11,27H,8,10H2,1H3,(H,25,28). The maximum atomic E-state index is 12.8. The highest BCUT2D eigenvalue weighted by Crippen LogP contribution is 2.29. The van der Waals surface area contributed by atoms with E-state index >= 15 is 0 Å². The molecule has 0 aliphatic carbocycles. The molecule has 0 bridgehead atoms. The van der Waals surface area contributed by atoms with Gasteiger partial charge in [0.25, 0.3) is 5.91 Å². The maximum Gasteiger partial charge on any atom is 0.416 e. The van der Waals surface area contributed by atoms with Crippen molar-refractivity contribution in [2.45, 2.75) is 26.3 Å². The van der Waals surface area contributed by atoms with Crippen molar-refractivity contribution in [1.29, 1.82) is 0 Å². The number of benzene rings is 1. The molecule has 0 saturated heterocycles. The van der Waals surface area contributed by atoms with Crippen LogP contribution in [0, 0.1) is 6.92 Å². The van der Waals surface area contributed by atoms with Crippen LogP contribution < -0.4 is 5.32 Å². The molecule has 0 aliphatic rings. The molecule has 0 radical (unpaired) electrons. The van der Waals surface area contributed by atoms with Crippen molar-refractivity contribution in [2.75, 3.05) is 5.32 Å². The molecule has 6 nitrogen and oxygen atoms in total. The van der Waals surface area contributed by atoms with Crippen molar-refractivity contribution in [1.82, 2.24) is 14.5 Å². The summed E-state index contributed by atoms with van der Waals surface area (Å²) in [6.45, 7) is 1.61. The van der Waals surface area contributed by atoms with Gasteiger partial charge in [-0.2, -0.15) is 13.2 Å². The van der Waals surface area contributed by atoms with Crippen LogP contribution in [0.1, 0.15) is 32.9 Å². The molecule has 0 fully saturated rings. The van der Waals surface area contributed by atoms with E-state index < -0.39 is 17.6 Å². The van der Waals surface area contributed by atoms with E-state index in [-0.39, 0.29) is 19.0 Å². The Bertz CT molecular complexity index is 999. The highest BCUT2D eigenvalue weighted by atomic mass is 19.4. The number of imidazole rings is 1. The van der Waals surface area contributed by atoms with Gasteiger partial charge >= 0.3 is 6.18 Å². The van der Waals surface area contributed by atoms with Crippen LogP contribution in [0.2, 0.25) is 0 Å². The number of rotatable bonds is 5. The quantitative estimate of drug-likeness (QED) is 0.700. The number of pyridine rings is 1. The van der Waals surface area contributed by atoms with Gasteiger partial charge in [0.15, 0.2) is 5.82 Å². The van der Waals surface area contributed by atoms with Gasteiger partial charge in [-0.1, -0.05) is 12.1 Å². The van der Waals surface area contributed by atoms with E-state index in [1.807, 2.05) is 0 Å². The Kier molecular flexibility index (Phi) is 5.46. The van der Waals surface area contributed by atoms with Crippen molar-refractivity contribution >= 4 is 11.7 Å². The minimum Gasteiger partial charge on any atom is -0.390 e. The summed E-state index contributed by atoms with van der Waals surface area (Å²) < 4.78 is 40.0. The van der Waals surface area contributed by atoms with E-state index in [1.165, 1.54) is 18.6 Å². The zero-order valence-corrected chi connectivity index (χ0v) is 14.9. The van der Waals surface area contributed by atoms with Gasteiger partial charge in [0.05, 0.1) is 35.4 Å². The average Bonchev–Trinajstić information content (AvgIpc) is 3.07. The number of hydrogen-bond acceptors (Lipinski definition) is 4. The molecule has 2 aromatic heterocycles. The predicted molar refractivity (Wildman–Crippen MR) is 95.6 cm³/mol. The molecule has 3 rings (SSSR count). The van der Waals surface area contributed by atoms with Crippen molar-refractivity contribution in [3.8, 4) is 0 Å². The van der Waals surface area contributed by atoms with Gasteiger partial charge in [0.2, 0.25) is 0 Å². The van der Waals surface area contributed by atoms with Gasteiger partial charge in [0, 0.05) is 12.7 Å². The van der Waals surface area contributed by atoms with E-state index in [9.17, 15) is 18.0 Å². The number of halogens is 3. The second-order valence-electron chi connectivity index (χ2n) is 6.18. The summed E-state index contributed by atoms with van der Waals surface area (Å²) in [5.74, 6) is -0.151. The predicted octanol–water partition coefficient (Wildman–Crippen LogP) is 3.40. The average molecular weight is 390 g/mol.